The molecule has 2 heterocycles. The number of rotatable bonds is 5. The first-order chi connectivity index (χ1) is 13.9. The van der Waals surface area contributed by atoms with Crippen molar-refractivity contribution < 1.29 is 23.1 Å². The first kappa shape index (κ1) is 18.6. The minimum atomic E-state index is -2.95. The Morgan fingerprint density at radius 1 is 1.14 bits per heavy atom. The number of halogens is 2. The molecule has 1 aromatic heterocycles. The number of H-pyrrole nitrogens is 1. The van der Waals surface area contributed by atoms with E-state index in [9.17, 15) is 18.4 Å². The maximum Gasteiger partial charge on any atom is 0.387 e. The van der Waals surface area contributed by atoms with Crippen LogP contribution in [-0.4, -0.2) is 34.8 Å². The molecule has 1 aliphatic rings. The van der Waals surface area contributed by atoms with Gasteiger partial charge in [-0.15, -0.1) is 5.01 Å². The van der Waals surface area contributed by atoms with E-state index in [2.05, 4.69) is 20.1 Å². The van der Waals surface area contributed by atoms with Crippen LogP contribution >= 0.6 is 0 Å². The van der Waals surface area contributed by atoms with E-state index >= 15 is 0 Å². The molecule has 0 bridgehead atoms. The molecule has 1 fully saturated rings. The fourth-order valence-corrected chi connectivity index (χ4v) is 3.22. The average Bonchev–Trinajstić information content (AvgIpc) is 3.20. The van der Waals surface area contributed by atoms with Crippen molar-refractivity contribution >= 4 is 29.1 Å². The Morgan fingerprint density at radius 2 is 1.86 bits per heavy atom. The quantitative estimate of drug-likeness (QED) is 0.509. The lowest BCUT2D eigenvalue weighted by atomic mass is 9.92. The van der Waals surface area contributed by atoms with Gasteiger partial charge in [-0.1, -0.05) is 30.3 Å². The number of para-hydroxylation sites is 1. The third-order valence-electron chi connectivity index (χ3n) is 4.76. The maximum absolute atomic E-state index is 12.9. The van der Waals surface area contributed by atoms with Crippen LogP contribution in [0.15, 0.2) is 59.8 Å². The summed E-state index contributed by atoms with van der Waals surface area (Å²) in [4.78, 5) is 28.3. The molecule has 0 aliphatic carbocycles. The summed E-state index contributed by atoms with van der Waals surface area (Å²) in [7, 11) is 0. The highest BCUT2D eigenvalue weighted by molar-refractivity contribution is 6.08. The first-order valence-corrected chi connectivity index (χ1v) is 8.70. The van der Waals surface area contributed by atoms with Gasteiger partial charge in [0.05, 0.1) is 6.21 Å². The zero-order chi connectivity index (χ0) is 20.6. The van der Waals surface area contributed by atoms with Gasteiger partial charge in [-0.2, -0.15) is 13.9 Å². The van der Waals surface area contributed by atoms with E-state index in [0.717, 1.165) is 21.5 Å². The van der Waals surface area contributed by atoms with Crippen molar-refractivity contribution in [3.05, 3.63) is 65.9 Å². The molecule has 9 heteroatoms. The van der Waals surface area contributed by atoms with Crippen LogP contribution in [0, 0.1) is 0 Å². The van der Waals surface area contributed by atoms with Gasteiger partial charge in [0.15, 0.2) is 0 Å². The van der Waals surface area contributed by atoms with Gasteiger partial charge < -0.3 is 15.0 Å². The Kier molecular flexibility index (Phi) is 4.50. The van der Waals surface area contributed by atoms with Crippen LogP contribution in [0.1, 0.15) is 18.1 Å². The van der Waals surface area contributed by atoms with Gasteiger partial charge >= 0.3 is 12.6 Å². The van der Waals surface area contributed by atoms with Crippen LogP contribution in [0.2, 0.25) is 0 Å². The third kappa shape index (κ3) is 3.31. The van der Waals surface area contributed by atoms with E-state index in [1.165, 1.54) is 37.4 Å². The molecule has 0 spiro atoms. The molecule has 1 atom stereocenters. The van der Waals surface area contributed by atoms with Crippen molar-refractivity contribution in [3.8, 4) is 5.75 Å². The summed E-state index contributed by atoms with van der Waals surface area (Å²) in [5.41, 5.74) is 0.672. The standard InChI is InChI=1S/C20H16F2N4O3/c1-20(13-6-8-14(9-7-13)29-18(21)22)17(27)26(19(28)25-20)24-11-12-10-23-16-5-3-2-4-15(12)16/h2-11,18,23H,1H3,(H,25,28)/b24-11+/t20-/m1/s1. The van der Waals surface area contributed by atoms with E-state index < -0.39 is 24.1 Å². The molecule has 1 aliphatic heterocycles. The maximum atomic E-state index is 12.9. The average molecular weight is 398 g/mol. The fraction of sp³-hybridized carbons (Fsp3) is 0.150. The monoisotopic (exact) mass is 398 g/mol. The lowest BCUT2D eigenvalue weighted by Crippen LogP contribution is -2.40. The number of hydrogen-bond acceptors (Lipinski definition) is 4. The molecule has 4 rings (SSSR count). The Bertz CT molecular complexity index is 1110. The number of nitrogens with one attached hydrogen (secondary N) is 2. The number of nitrogens with zero attached hydrogens (tertiary/aromatic N) is 2. The Hall–Kier alpha value is -3.75. The number of carbonyl (C=O) groups excluding carboxylic acids is 2. The number of benzene rings is 2. The van der Waals surface area contributed by atoms with Crippen LogP contribution in [0.25, 0.3) is 10.9 Å². The fourth-order valence-electron chi connectivity index (χ4n) is 3.22. The molecule has 2 aromatic carbocycles. The number of hydrogen-bond donors (Lipinski definition) is 2. The largest absolute Gasteiger partial charge is 0.435 e. The second-order valence-electron chi connectivity index (χ2n) is 6.61. The van der Waals surface area contributed by atoms with Crippen LogP contribution in [0.4, 0.5) is 13.6 Å². The van der Waals surface area contributed by atoms with Crippen LogP contribution in [-0.2, 0) is 10.3 Å². The highest BCUT2D eigenvalue weighted by Gasteiger charge is 2.49. The number of aromatic nitrogens is 1. The highest BCUT2D eigenvalue weighted by Crippen LogP contribution is 2.30. The van der Waals surface area contributed by atoms with Crippen molar-refractivity contribution in [2.24, 2.45) is 5.10 Å². The molecule has 0 unspecified atom stereocenters. The highest BCUT2D eigenvalue weighted by atomic mass is 19.3. The summed E-state index contributed by atoms with van der Waals surface area (Å²) in [6.07, 6.45) is 3.16. The van der Waals surface area contributed by atoms with Gasteiger partial charge in [0.2, 0.25) is 0 Å². The number of carbonyl (C=O) groups is 2. The molecule has 0 radical (unpaired) electrons. The molecular formula is C20H16F2N4O3. The minimum absolute atomic E-state index is 0.0432. The number of amides is 3. The number of ether oxygens (including phenoxy) is 1. The first-order valence-electron chi connectivity index (χ1n) is 8.70. The van der Waals surface area contributed by atoms with Crippen molar-refractivity contribution in [3.63, 3.8) is 0 Å². The molecule has 3 aromatic rings. The molecule has 2 N–H and O–H groups in total. The second kappa shape index (κ2) is 7.01. The third-order valence-corrected chi connectivity index (χ3v) is 4.76. The minimum Gasteiger partial charge on any atom is -0.435 e. The van der Waals surface area contributed by atoms with Crippen LogP contribution in [0.5, 0.6) is 5.75 Å². The molecule has 1 saturated heterocycles. The second-order valence-corrected chi connectivity index (χ2v) is 6.61. The molecular weight excluding hydrogens is 382 g/mol. The Morgan fingerprint density at radius 3 is 2.59 bits per heavy atom. The predicted molar refractivity (Wildman–Crippen MR) is 102 cm³/mol. The molecule has 148 valence electrons. The van der Waals surface area contributed by atoms with E-state index in [4.69, 9.17) is 0 Å². The van der Waals surface area contributed by atoms with Crippen molar-refractivity contribution in [1.29, 1.82) is 0 Å². The van der Waals surface area contributed by atoms with E-state index in [1.54, 1.807) is 6.20 Å². The van der Waals surface area contributed by atoms with Crippen molar-refractivity contribution in [2.45, 2.75) is 19.1 Å². The SMILES string of the molecule is C[C@]1(c2ccc(OC(F)F)cc2)NC(=O)N(/N=C/c2c[nH]c3ccccc23)C1=O. The van der Waals surface area contributed by atoms with Gasteiger partial charge in [0.25, 0.3) is 5.91 Å². The summed E-state index contributed by atoms with van der Waals surface area (Å²) >= 11 is 0. The summed E-state index contributed by atoms with van der Waals surface area (Å²) in [6, 6.07) is 12.4. The number of urea groups is 1. The lowest BCUT2D eigenvalue weighted by Gasteiger charge is -2.21. The van der Waals surface area contributed by atoms with Gasteiger partial charge in [0, 0.05) is 22.7 Å². The van der Waals surface area contributed by atoms with E-state index in [1.807, 2.05) is 24.3 Å². The summed E-state index contributed by atoms with van der Waals surface area (Å²) in [6.45, 7) is -1.42. The van der Waals surface area contributed by atoms with Gasteiger partial charge in [-0.05, 0) is 30.7 Å². The van der Waals surface area contributed by atoms with Crippen LogP contribution in [0.3, 0.4) is 0 Å². The number of hydrazone groups is 1. The Balaban J connectivity index is 1.58. The normalized spacial score (nSPS) is 19.5. The predicted octanol–water partition coefficient (Wildman–Crippen LogP) is 3.57. The van der Waals surface area contributed by atoms with E-state index in [-0.39, 0.29) is 5.75 Å². The van der Waals surface area contributed by atoms with Gasteiger partial charge in [-0.3, -0.25) is 4.79 Å². The molecule has 29 heavy (non-hydrogen) atoms. The Labute approximate surface area is 164 Å². The summed E-state index contributed by atoms with van der Waals surface area (Å²) in [5, 5.41) is 8.32. The number of aromatic amines is 1. The smallest absolute Gasteiger partial charge is 0.387 e. The number of imide groups is 1. The summed E-state index contributed by atoms with van der Waals surface area (Å²) < 4.78 is 28.9. The number of alkyl halides is 2. The molecule has 7 nitrogen and oxygen atoms in total. The van der Waals surface area contributed by atoms with Crippen molar-refractivity contribution in [1.82, 2.24) is 15.3 Å². The summed E-state index contributed by atoms with van der Waals surface area (Å²) in [5.74, 6) is -0.626. The van der Waals surface area contributed by atoms with Gasteiger partial charge in [-0.25, -0.2) is 4.79 Å². The van der Waals surface area contributed by atoms with E-state index in [0.29, 0.717) is 5.56 Å². The molecule has 3 amide bonds. The van der Waals surface area contributed by atoms with Crippen LogP contribution < -0.4 is 10.1 Å². The number of fused-ring (bicyclic) bond motifs is 1. The zero-order valence-electron chi connectivity index (χ0n) is 15.2. The van der Waals surface area contributed by atoms with Gasteiger partial charge in [0.1, 0.15) is 11.3 Å². The van der Waals surface area contributed by atoms with Crippen molar-refractivity contribution in [2.75, 3.05) is 0 Å². The topological polar surface area (TPSA) is 86.8 Å². The lowest BCUT2D eigenvalue weighted by molar-refractivity contribution is -0.131. The molecule has 0 saturated carbocycles. The zero-order valence-corrected chi connectivity index (χ0v) is 15.2.